The minimum atomic E-state index is -0.466. The minimum absolute atomic E-state index is 0.134. The van der Waals surface area contributed by atoms with Gasteiger partial charge in [-0.2, -0.15) is 0 Å². The van der Waals surface area contributed by atoms with Crippen LogP contribution in [-0.2, 0) is 4.79 Å². The molecule has 0 radical (unpaired) electrons. The van der Waals surface area contributed by atoms with E-state index in [-0.39, 0.29) is 5.91 Å². The fourth-order valence-electron chi connectivity index (χ4n) is 3.90. The van der Waals surface area contributed by atoms with Crippen molar-refractivity contribution in [2.45, 2.75) is 38.3 Å². The molecule has 0 bridgehead atoms. The summed E-state index contributed by atoms with van der Waals surface area (Å²) in [5.41, 5.74) is 0.0986. The van der Waals surface area contributed by atoms with Gasteiger partial charge in [-0.15, -0.1) is 5.10 Å². The summed E-state index contributed by atoms with van der Waals surface area (Å²) in [6.07, 6.45) is 5.99. The number of carbonyl (C=O) groups is 1. The molecule has 1 amide bonds. The van der Waals surface area contributed by atoms with Crippen molar-refractivity contribution in [1.29, 1.82) is 0 Å². The lowest BCUT2D eigenvalue weighted by molar-refractivity contribution is -0.116. The van der Waals surface area contributed by atoms with Crippen LogP contribution in [-0.4, -0.2) is 28.0 Å². The Labute approximate surface area is 149 Å². The Morgan fingerprint density at radius 1 is 1.46 bits per heavy atom. The molecule has 1 N–H and O–H groups in total. The molecule has 2 atom stereocenters. The number of hydrogen-bond acceptors (Lipinski definition) is 5. The molecule has 2 aliphatic heterocycles. The van der Waals surface area contributed by atoms with Crippen molar-refractivity contribution in [3.63, 3.8) is 0 Å². The van der Waals surface area contributed by atoms with Crippen molar-refractivity contribution >= 4 is 40.1 Å². The van der Waals surface area contributed by atoms with E-state index in [1.54, 1.807) is 6.07 Å². The quantitative estimate of drug-likeness (QED) is 0.768. The predicted molar refractivity (Wildman–Crippen MR) is 96.9 cm³/mol. The van der Waals surface area contributed by atoms with Crippen molar-refractivity contribution in [3.8, 4) is 0 Å². The molecule has 1 aromatic rings. The van der Waals surface area contributed by atoms with E-state index in [0.29, 0.717) is 21.8 Å². The average molecular weight is 363 g/mol. The SMILES string of the molecule is CSC1=NN2C(=c3cc(Cl)ccc3=N[C@@]23CCC[C@H](C)C3)C(=O)N1. The van der Waals surface area contributed by atoms with Crippen LogP contribution >= 0.6 is 23.4 Å². The van der Waals surface area contributed by atoms with Gasteiger partial charge in [-0.05, 0) is 49.6 Å². The molecule has 4 rings (SSSR count). The van der Waals surface area contributed by atoms with Gasteiger partial charge >= 0.3 is 0 Å². The molecule has 0 saturated heterocycles. The van der Waals surface area contributed by atoms with Crippen molar-refractivity contribution in [1.82, 2.24) is 10.3 Å². The zero-order valence-corrected chi connectivity index (χ0v) is 15.2. The Hall–Kier alpha value is -1.53. The third kappa shape index (κ3) is 2.43. The summed E-state index contributed by atoms with van der Waals surface area (Å²) in [7, 11) is 0. The Morgan fingerprint density at radius 3 is 3.04 bits per heavy atom. The lowest BCUT2D eigenvalue weighted by Crippen LogP contribution is -2.59. The van der Waals surface area contributed by atoms with Gasteiger partial charge in [0.1, 0.15) is 5.70 Å². The van der Waals surface area contributed by atoms with E-state index < -0.39 is 5.66 Å². The van der Waals surface area contributed by atoms with E-state index >= 15 is 0 Å². The average Bonchev–Trinajstić information content (AvgIpc) is 2.55. The summed E-state index contributed by atoms with van der Waals surface area (Å²) in [6.45, 7) is 2.25. The Kier molecular flexibility index (Phi) is 3.84. The van der Waals surface area contributed by atoms with Crippen molar-refractivity contribution in [2.75, 3.05) is 6.26 Å². The van der Waals surface area contributed by atoms with Crippen molar-refractivity contribution in [2.24, 2.45) is 16.0 Å². The molecule has 7 heteroatoms. The number of thioether (sulfide) groups is 1. The Morgan fingerprint density at radius 2 is 2.29 bits per heavy atom. The number of carbonyl (C=O) groups excluding carboxylic acids is 1. The number of amides is 1. The third-order valence-electron chi connectivity index (χ3n) is 4.92. The standard InChI is InChI=1S/C17H19ClN4OS/c1-10-4-3-7-17(9-10)20-13-6-5-11(18)8-12(13)14-15(23)19-16(24-2)21-22(14)17/h5-6,8,10H,3-4,7,9H2,1-2H3,(H,19,21,23)/t10-,17-/m0/s1. The van der Waals surface area contributed by atoms with E-state index in [1.807, 2.05) is 23.4 Å². The molecule has 0 aromatic heterocycles. The number of rotatable bonds is 0. The van der Waals surface area contributed by atoms with E-state index in [4.69, 9.17) is 21.7 Å². The highest BCUT2D eigenvalue weighted by Gasteiger charge is 2.46. The molecule has 1 aromatic carbocycles. The van der Waals surface area contributed by atoms with Gasteiger partial charge in [0.05, 0.1) is 5.36 Å². The van der Waals surface area contributed by atoms with Crippen LogP contribution in [0.15, 0.2) is 28.3 Å². The molecule has 1 fully saturated rings. The van der Waals surface area contributed by atoms with E-state index in [9.17, 15) is 4.79 Å². The molecular weight excluding hydrogens is 344 g/mol. The number of halogens is 1. The zero-order valence-electron chi connectivity index (χ0n) is 13.7. The van der Waals surface area contributed by atoms with Crippen LogP contribution in [0.25, 0.3) is 5.70 Å². The van der Waals surface area contributed by atoms with Gasteiger partial charge in [0.2, 0.25) is 0 Å². The Balaban J connectivity index is 2.02. The van der Waals surface area contributed by atoms with Crippen LogP contribution in [0.1, 0.15) is 32.6 Å². The normalized spacial score (nSPS) is 28.7. The fraction of sp³-hybridized carbons (Fsp3) is 0.471. The topological polar surface area (TPSA) is 57.1 Å². The van der Waals surface area contributed by atoms with Gasteiger partial charge < -0.3 is 0 Å². The second-order valence-corrected chi connectivity index (χ2v) is 7.91. The zero-order chi connectivity index (χ0) is 16.9. The predicted octanol–water partition coefficient (Wildman–Crippen LogP) is 2.05. The monoisotopic (exact) mass is 362 g/mol. The smallest absolute Gasteiger partial charge is 0.276 e. The van der Waals surface area contributed by atoms with Crippen LogP contribution < -0.4 is 15.9 Å². The maximum atomic E-state index is 12.8. The first-order valence-electron chi connectivity index (χ1n) is 8.16. The molecule has 5 nitrogen and oxygen atoms in total. The highest BCUT2D eigenvalue weighted by Crippen LogP contribution is 2.41. The molecule has 3 aliphatic rings. The van der Waals surface area contributed by atoms with Gasteiger partial charge in [0.15, 0.2) is 10.8 Å². The maximum Gasteiger partial charge on any atom is 0.276 e. The summed E-state index contributed by atoms with van der Waals surface area (Å²) < 4.78 is 0. The summed E-state index contributed by atoms with van der Waals surface area (Å²) in [4.78, 5) is 17.9. The van der Waals surface area contributed by atoms with E-state index in [0.717, 1.165) is 29.8 Å². The lowest BCUT2D eigenvalue weighted by atomic mass is 9.81. The number of benzene rings is 1. The van der Waals surface area contributed by atoms with Crippen LogP contribution in [0, 0.1) is 5.92 Å². The fourth-order valence-corrected chi connectivity index (χ4v) is 4.43. The molecule has 126 valence electrons. The second kappa shape index (κ2) is 5.77. The molecule has 1 saturated carbocycles. The highest BCUT2D eigenvalue weighted by molar-refractivity contribution is 8.13. The van der Waals surface area contributed by atoms with Crippen molar-refractivity contribution < 1.29 is 4.79 Å². The first-order chi connectivity index (χ1) is 11.5. The van der Waals surface area contributed by atoms with Crippen LogP contribution in [0.3, 0.4) is 0 Å². The van der Waals surface area contributed by atoms with Gasteiger partial charge in [-0.3, -0.25) is 15.1 Å². The molecule has 24 heavy (non-hydrogen) atoms. The van der Waals surface area contributed by atoms with Crippen LogP contribution in [0.5, 0.6) is 0 Å². The van der Waals surface area contributed by atoms with Crippen LogP contribution in [0.4, 0.5) is 0 Å². The number of amidine groups is 1. The molecule has 0 unspecified atom stereocenters. The summed E-state index contributed by atoms with van der Waals surface area (Å²) in [6, 6.07) is 5.54. The Bertz CT molecular complexity index is 868. The largest absolute Gasteiger partial charge is 0.298 e. The number of nitrogens with one attached hydrogen (secondary N) is 1. The van der Waals surface area contributed by atoms with Gasteiger partial charge in [-0.1, -0.05) is 36.7 Å². The van der Waals surface area contributed by atoms with Gasteiger partial charge in [0, 0.05) is 10.2 Å². The third-order valence-corrected chi connectivity index (χ3v) is 5.72. The molecule has 1 spiro atoms. The number of hydrazone groups is 1. The second-order valence-electron chi connectivity index (χ2n) is 6.68. The first-order valence-corrected chi connectivity index (χ1v) is 9.77. The summed E-state index contributed by atoms with van der Waals surface area (Å²) in [5, 5.41) is 12.3. The summed E-state index contributed by atoms with van der Waals surface area (Å²) in [5.74, 6) is 0.417. The number of nitrogens with zero attached hydrogens (tertiary/aromatic N) is 3. The van der Waals surface area contributed by atoms with E-state index in [1.165, 1.54) is 18.2 Å². The molecule has 1 aliphatic carbocycles. The highest BCUT2D eigenvalue weighted by atomic mass is 35.5. The first kappa shape index (κ1) is 16.0. The maximum absolute atomic E-state index is 12.8. The number of fused-ring (bicyclic) bond motifs is 3. The molecule has 2 heterocycles. The lowest BCUT2D eigenvalue weighted by Gasteiger charge is -2.46. The minimum Gasteiger partial charge on any atom is -0.298 e. The van der Waals surface area contributed by atoms with Crippen molar-refractivity contribution in [3.05, 3.63) is 33.8 Å². The van der Waals surface area contributed by atoms with Gasteiger partial charge in [-0.25, -0.2) is 5.01 Å². The molecular formula is C17H19ClN4OS. The summed E-state index contributed by atoms with van der Waals surface area (Å²) >= 11 is 7.60. The van der Waals surface area contributed by atoms with E-state index in [2.05, 4.69) is 12.2 Å². The van der Waals surface area contributed by atoms with Crippen LogP contribution in [0.2, 0.25) is 5.02 Å². The van der Waals surface area contributed by atoms with Gasteiger partial charge in [0.25, 0.3) is 5.91 Å². The number of hydrogen-bond donors (Lipinski definition) is 1.